The fourth-order valence-electron chi connectivity index (χ4n) is 4.28. The van der Waals surface area contributed by atoms with E-state index in [1.165, 1.54) is 0 Å². The van der Waals surface area contributed by atoms with Crippen molar-refractivity contribution in [1.29, 1.82) is 0 Å². The van der Waals surface area contributed by atoms with Crippen LogP contribution in [-0.2, 0) is 18.8 Å². The van der Waals surface area contributed by atoms with E-state index >= 15 is 0 Å². The molecule has 2 aliphatic heterocycles. The van der Waals surface area contributed by atoms with E-state index in [-0.39, 0.29) is 12.3 Å². The number of alkyl carbamates (subject to hydrolysis) is 1. The predicted molar refractivity (Wildman–Crippen MR) is 153 cm³/mol. The van der Waals surface area contributed by atoms with Crippen LogP contribution in [0.4, 0.5) is 10.5 Å². The molecule has 1 N–H and O–H groups in total. The lowest BCUT2D eigenvalue weighted by molar-refractivity contribution is -0.127. The first kappa shape index (κ1) is 29.9. The molecule has 3 rings (SSSR count). The van der Waals surface area contributed by atoms with Crippen molar-refractivity contribution >= 4 is 42.2 Å². The van der Waals surface area contributed by atoms with Gasteiger partial charge in [-0.2, -0.15) is 0 Å². The molecular weight excluding hydrogens is 481 g/mol. The number of fused-ring (bicyclic) bond motifs is 1. The lowest BCUT2D eigenvalue weighted by Gasteiger charge is -2.32. The standard InChI is InChI=1S/C29H44BN3O5/c1-10-12-16-33(15-11-2)25(34)21-17-20-13-14-22(30-37-28(6,7)29(8,9)38-30)19-23(20)31-24(18-21)32-26(35)36-27(3,4)5/h13-14,17,19H,10-12,15-16,18H2,1-9H3,(H,31,32,35). The van der Waals surface area contributed by atoms with Crippen LogP contribution in [0.1, 0.15) is 93.6 Å². The molecule has 1 aromatic rings. The lowest BCUT2D eigenvalue weighted by atomic mass is 9.78. The van der Waals surface area contributed by atoms with Gasteiger partial charge in [0.1, 0.15) is 11.4 Å². The van der Waals surface area contributed by atoms with Crippen LogP contribution in [0, 0.1) is 0 Å². The first-order valence-electron chi connectivity index (χ1n) is 13.7. The van der Waals surface area contributed by atoms with Crippen LogP contribution in [0.15, 0.2) is 28.8 Å². The molecule has 0 aliphatic carbocycles. The zero-order chi connectivity index (χ0) is 28.3. The SMILES string of the molecule is CCCCN(CCC)C(=O)C1=Cc2ccc(B3OC(C)(C)C(C)(C)O3)cc2N=C(NC(=O)OC(C)(C)C)C1. The van der Waals surface area contributed by atoms with Gasteiger partial charge in [0.25, 0.3) is 0 Å². The van der Waals surface area contributed by atoms with Gasteiger partial charge in [-0.1, -0.05) is 32.4 Å². The van der Waals surface area contributed by atoms with Gasteiger partial charge in [-0.15, -0.1) is 0 Å². The number of carbonyl (C=O) groups is 2. The Labute approximate surface area is 228 Å². The molecule has 0 unspecified atom stereocenters. The van der Waals surface area contributed by atoms with Gasteiger partial charge in [-0.05, 0) is 78.9 Å². The highest BCUT2D eigenvalue weighted by Gasteiger charge is 2.51. The summed E-state index contributed by atoms with van der Waals surface area (Å²) in [6.07, 6.45) is 4.27. The second kappa shape index (κ2) is 11.6. The second-order valence-electron chi connectivity index (χ2n) is 12.1. The fourth-order valence-corrected chi connectivity index (χ4v) is 4.28. The zero-order valence-electron chi connectivity index (χ0n) is 24.6. The minimum absolute atomic E-state index is 0.0399. The van der Waals surface area contributed by atoms with E-state index in [1.54, 1.807) is 20.8 Å². The van der Waals surface area contributed by atoms with E-state index in [9.17, 15) is 9.59 Å². The van der Waals surface area contributed by atoms with Crippen LogP contribution in [0.5, 0.6) is 0 Å². The van der Waals surface area contributed by atoms with Gasteiger partial charge in [-0.25, -0.2) is 9.79 Å². The molecule has 1 fully saturated rings. The van der Waals surface area contributed by atoms with Gasteiger partial charge in [0, 0.05) is 30.6 Å². The summed E-state index contributed by atoms with van der Waals surface area (Å²) >= 11 is 0. The highest BCUT2D eigenvalue weighted by Crippen LogP contribution is 2.37. The Kier molecular flexibility index (Phi) is 9.14. The Morgan fingerprint density at radius 1 is 1.08 bits per heavy atom. The fraction of sp³-hybridized carbons (Fsp3) is 0.621. The van der Waals surface area contributed by atoms with Crippen molar-refractivity contribution in [2.75, 3.05) is 13.1 Å². The number of amidine groups is 1. The normalized spacial score (nSPS) is 18.2. The summed E-state index contributed by atoms with van der Waals surface area (Å²) in [5, 5.41) is 2.79. The van der Waals surface area contributed by atoms with Crippen molar-refractivity contribution in [3.8, 4) is 0 Å². The molecule has 0 aromatic heterocycles. The van der Waals surface area contributed by atoms with Crippen molar-refractivity contribution in [2.24, 2.45) is 4.99 Å². The van der Waals surface area contributed by atoms with Crippen molar-refractivity contribution in [3.05, 3.63) is 29.3 Å². The van der Waals surface area contributed by atoms with Crippen LogP contribution in [0.25, 0.3) is 6.08 Å². The number of nitrogens with zero attached hydrogens (tertiary/aromatic N) is 2. The van der Waals surface area contributed by atoms with Gasteiger partial charge in [0.05, 0.1) is 16.9 Å². The lowest BCUT2D eigenvalue weighted by Crippen LogP contribution is -2.41. The summed E-state index contributed by atoms with van der Waals surface area (Å²) in [5.41, 5.74) is 1.20. The van der Waals surface area contributed by atoms with E-state index in [0.717, 1.165) is 30.3 Å². The number of nitrogens with one attached hydrogen (secondary N) is 1. The number of hydrogen-bond acceptors (Lipinski definition) is 6. The number of benzene rings is 1. The van der Waals surface area contributed by atoms with E-state index in [2.05, 4.69) is 19.2 Å². The topological polar surface area (TPSA) is 89.5 Å². The summed E-state index contributed by atoms with van der Waals surface area (Å²) in [6, 6.07) is 5.78. The minimum Gasteiger partial charge on any atom is -0.444 e. The summed E-state index contributed by atoms with van der Waals surface area (Å²) in [6.45, 7) is 19.0. The molecule has 208 valence electrons. The zero-order valence-corrected chi connectivity index (χ0v) is 24.6. The Morgan fingerprint density at radius 2 is 1.74 bits per heavy atom. The smallest absolute Gasteiger partial charge is 0.444 e. The van der Waals surface area contributed by atoms with Crippen LogP contribution in [0.3, 0.4) is 0 Å². The third kappa shape index (κ3) is 7.26. The Bertz CT molecular complexity index is 1090. The maximum absolute atomic E-state index is 13.7. The molecule has 2 heterocycles. The molecule has 38 heavy (non-hydrogen) atoms. The van der Waals surface area contributed by atoms with Gasteiger partial charge >= 0.3 is 13.2 Å². The molecular formula is C29H44BN3O5. The van der Waals surface area contributed by atoms with Crippen LogP contribution in [0.2, 0.25) is 0 Å². The number of unbranched alkanes of at least 4 members (excludes halogenated alkanes) is 1. The molecule has 0 radical (unpaired) electrons. The summed E-state index contributed by atoms with van der Waals surface area (Å²) in [7, 11) is -0.551. The third-order valence-electron chi connectivity index (χ3n) is 7.01. The molecule has 1 saturated heterocycles. The molecule has 2 amide bonds. The molecule has 0 bridgehead atoms. The van der Waals surface area contributed by atoms with E-state index in [4.69, 9.17) is 19.0 Å². The number of hydrogen-bond donors (Lipinski definition) is 1. The molecule has 9 heteroatoms. The molecule has 0 saturated carbocycles. The van der Waals surface area contributed by atoms with Crippen LogP contribution < -0.4 is 10.8 Å². The quantitative estimate of drug-likeness (QED) is 0.484. The van der Waals surface area contributed by atoms with E-state index < -0.39 is 30.0 Å². The Hall–Kier alpha value is -2.65. The number of amides is 2. The van der Waals surface area contributed by atoms with Crippen molar-refractivity contribution in [1.82, 2.24) is 10.2 Å². The van der Waals surface area contributed by atoms with Gasteiger partial charge in [0.2, 0.25) is 5.91 Å². The monoisotopic (exact) mass is 525 g/mol. The molecule has 2 aliphatic rings. The minimum atomic E-state index is -0.663. The maximum Gasteiger partial charge on any atom is 0.494 e. The average molecular weight is 525 g/mol. The van der Waals surface area contributed by atoms with Gasteiger partial charge in [0.15, 0.2) is 0 Å². The Morgan fingerprint density at radius 3 is 2.32 bits per heavy atom. The van der Waals surface area contributed by atoms with Crippen molar-refractivity contribution in [2.45, 2.75) is 105 Å². The molecule has 8 nitrogen and oxygen atoms in total. The van der Waals surface area contributed by atoms with Crippen molar-refractivity contribution in [3.63, 3.8) is 0 Å². The molecule has 0 atom stereocenters. The van der Waals surface area contributed by atoms with Gasteiger partial charge < -0.3 is 18.9 Å². The van der Waals surface area contributed by atoms with Crippen molar-refractivity contribution < 1.29 is 23.6 Å². The highest BCUT2D eigenvalue weighted by atomic mass is 16.7. The van der Waals surface area contributed by atoms with Crippen LogP contribution >= 0.6 is 0 Å². The largest absolute Gasteiger partial charge is 0.494 e. The number of rotatable bonds is 7. The number of aliphatic imine (C=N–C) groups is 1. The number of carbonyl (C=O) groups excluding carboxylic acids is 2. The summed E-state index contributed by atoms with van der Waals surface area (Å²) in [4.78, 5) is 33.0. The first-order valence-corrected chi connectivity index (χ1v) is 13.7. The Balaban J connectivity index is 2.00. The summed E-state index contributed by atoms with van der Waals surface area (Å²) < 4.78 is 17.9. The van der Waals surface area contributed by atoms with Crippen LogP contribution in [-0.4, -0.2) is 59.7 Å². The molecule has 1 aromatic carbocycles. The maximum atomic E-state index is 13.7. The molecule has 0 spiro atoms. The van der Waals surface area contributed by atoms with E-state index in [0.29, 0.717) is 30.2 Å². The average Bonchev–Trinajstić information content (AvgIpc) is 2.92. The van der Waals surface area contributed by atoms with Gasteiger partial charge in [-0.3, -0.25) is 10.1 Å². The highest BCUT2D eigenvalue weighted by molar-refractivity contribution is 6.62. The van der Waals surface area contributed by atoms with E-state index in [1.807, 2.05) is 56.9 Å². The predicted octanol–water partition coefficient (Wildman–Crippen LogP) is 5.37. The summed E-state index contributed by atoms with van der Waals surface area (Å²) in [5.74, 6) is 0.317. The number of ether oxygens (including phenoxy) is 1. The first-order chi connectivity index (χ1) is 17.7. The third-order valence-corrected chi connectivity index (χ3v) is 7.01. The second-order valence-corrected chi connectivity index (χ2v) is 12.1.